The van der Waals surface area contributed by atoms with Crippen LogP contribution in [-0.2, 0) is 19.2 Å². The third-order valence-electron chi connectivity index (χ3n) is 12.1. The van der Waals surface area contributed by atoms with Crippen LogP contribution < -0.4 is 103 Å². The van der Waals surface area contributed by atoms with Crippen molar-refractivity contribution >= 4 is 23.1 Å². The zero-order chi connectivity index (χ0) is 49.3. The third-order valence-corrected chi connectivity index (χ3v) is 12.1. The first kappa shape index (κ1) is 79.8. The van der Waals surface area contributed by atoms with Gasteiger partial charge in [0.1, 0.15) is 0 Å². The van der Waals surface area contributed by atoms with Crippen LogP contribution in [0.1, 0.15) is 204 Å². The summed E-state index contributed by atoms with van der Waals surface area (Å²) in [6, 6.07) is 3.00. The van der Waals surface area contributed by atoms with Gasteiger partial charge < -0.3 is 31.0 Å². The number of rotatable bonds is 18. The molecule has 2 aliphatic heterocycles. The molecule has 4 atom stereocenters. The number of hydrogen-bond donors (Lipinski definition) is 0. The summed E-state index contributed by atoms with van der Waals surface area (Å²) in [4.78, 5) is 57.1. The summed E-state index contributed by atoms with van der Waals surface area (Å²) in [7, 11) is 4.06. The maximum Gasteiger partial charge on any atom is 1.00 e. The number of carbonyl (C=O) groups excluding carboxylic acids is 4. The van der Waals surface area contributed by atoms with E-state index in [0.717, 1.165) is 57.7 Å². The van der Waals surface area contributed by atoms with E-state index in [1.54, 1.807) is 0 Å². The number of likely N-dealkylation sites (N-methyl/N-ethyl adjacent to an activating group) is 2. The van der Waals surface area contributed by atoms with Crippen molar-refractivity contribution in [2.24, 2.45) is 29.6 Å². The van der Waals surface area contributed by atoms with E-state index in [9.17, 15) is 19.2 Å². The minimum atomic E-state index is -0.385. The van der Waals surface area contributed by atoms with E-state index >= 15 is 0 Å². The second-order valence-corrected chi connectivity index (χ2v) is 19.8. The minimum Gasteiger partial charge on any atom is -0.429 e. The van der Waals surface area contributed by atoms with Crippen molar-refractivity contribution in [2.75, 3.05) is 27.2 Å². The van der Waals surface area contributed by atoms with E-state index in [1.165, 1.54) is 6.42 Å². The van der Waals surface area contributed by atoms with E-state index in [2.05, 4.69) is 103 Å². The summed E-state index contributed by atoms with van der Waals surface area (Å²) in [6.07, 6.45) is 6.82. The minimum absolute atomic E-state index is 0. The maximum absolute atomic E-state index is 12.4. The average Bonchev–Trinajstić information content (AvgIpc) is 3.89. The van der Waals surface area contributed by atoms with E-state index in [0.29, 0.717) is 47.3 Å². The fraction of sp³-hybridized carbons (Fsp3) is 0.852. The van der Waals surface area contributed by atoms with Gasteiger partial charge in [-0.15, -0.1) is 6.42 Å². The Morgan fingerprint density at radius 2 is 1.05 bits per heavy atom. The van der Waals surface area contributed by atoms with E-state index in [-0.39, 0.29) is 157 Å². The Balaban J connectivity index is -0.000000130. The quantitative estimate of drug-likeness (QED) is 0.108. The number of nitrogens with zero attached hydrogens (tertiary/aromatic N) is 4. The molecule has 2 rings (SSSR count). The first-order valence-electron chi connectivity index (χ1n) is 24.6. The molecule has 0 aromatic carbocycles. The topological polar surface area (TPSA) is 81.2 Å². The van der Waals surface area contributed by atoms with E-state index < -0.39 is 0 Å². The molecule has 0 N–H and O–H groups in total. The summed E-state index contributed by atoms with van der Waals surface area (Å²) in [5.74, 6) is 2.18. The second-order valence-electron chi connectivity index (χ2n) is 19.8. The fourth-order valence-corrected chi connectivity index (χ4v) is 8.26. The Labute approximate surface area is 488 Å². The van der Waals surface area contributed by atoms with Crippen LogP contribution in [0.2, 0.25) is 0 Å². The van der Waals surface area contributed by atoms with Gasteiger partial charge in [-0.25, -0.2) is 6.04 Å². The number of ketones is 4. The molecule has 64 heavy (non-hydrogen) atoms. The molecule has 0 aromatic rings. The van der Waals surface area contributed by atoms with Gasteiger partial charge in [0.15, 0.2) is 17.3 Å². The SMILES string of the molecule is CC.CC.CC(C)C(=O)C1CCCN1C(C)C.CC(C)C(=O)[C-]1CCCN1C(C)C.[CH2-]C(C)CC(C)(C(=O)C(C)C)N(C)C(C)C.[CH2-]CCC(C)(C(=O)C(C)C)N(C)C(C)C.[CH3-].[K+].[K+]. The monoisotopic (exact) mass is 957 g/mol. The molecular formula is C54H110K2N4O4-2. The van der Waals surface area contributed by atoms with Crippen molar-refractivity contribution < 1.29 is 122 Å². The molecule has 4 unspecified atom stereocenters. The summed E-state index contributed by atoms with van der Waals surface area (Å²) in [6.45, 7) is 57.2. The smallest absolute Gasteiger partial charge is 0.429 e. The van der Waals surface area contributed by atoms with Gasteiger partial charge in [-0.3, -0.25) is 29.1 Å². The van der Waals surface area contributed by atoms with Gasteiger partial charge in [0.25, 0.3) is 0 Å². The normalized spacial score (nSPS) is 17.3. The number of carbonyl (C=O) groups is 4. The zero-order valence-electron chi connectivity index (χ0n) is 48.5. The Hall–Kier alpha value is 1.66. The van der Waals surface area contributed by atoms with Gasteiger partial charge in [-0.1, -0.05) is 123 Å². The molecule has 0 spiro atoms. The molecule has 0 saturated carbocycles. The van der Waals surface area contributed by atoms with Crippen LogP contribution in [0.15, 0.2) is 0 Å². The molecule has 2 saturated heterocycles. The predicted molar refractivity (Wildman–Crippen MR) is 274 cm³/mol. The Morgan fingerprint density at radius 3 is 1.36 bits per heavy atom. The zero-order valence-corrected chi connectivity index (χ0v) is 54.7. The van der Waals surface area contributed by atoms with Crippen molar-refractivity contribution in [3.8, 4) is 0 Å². The Bertz CT molecular complexity index is 1150. The van der Waals surface area contributed by atoms with E-state index in [4.69, 9.17) is 0 Å². The van der Waals surface area contributed by atoms with Gasteiger partial charge >= 0.3 is 103 Å². The van der Waals surface area contributed by atoms with Crippen molar-refractivity contribution in [3.63, 3.8) is 0 Å². The van der Waals surface area contributed by atoms with Gasteiger partial charge in [-0.05, 0) is 107 Å². The van der Waals surface area contributed by atoms with Gasteiger partial charge in [-0.2, -0.15) is 12.3 Å². The molecule has 8 nitrogen and oxygen atoms in total. The van der Waals surface area contributed by atoms with Gasteiger partial charge in [0.2, 0.25) is 0 Å². The van der Waals surface area contributed by atoms with Gasteiger partial charge in [0, 0.05) is 41.7 Å². The van der Waals surface area contributed by atoms with Crippen LogP contribution in [0.3, 0.4) is 0 Å². The molecule has 0 aromatic heterocycles. The van der Waals surface area contributed by atoms with Crippen molar-refractivity contribution in [1.82, 2.24) is 19.6 Å². The molecular weight excluding hydrogens is 847 g/mol. The van der Waals surface area contributed by atoms with Crippen LogP contribution in [0.25, 0.3) is 0 Å². The molecule has 10 heteroatoms. The first-order chi connectivity index (χ1) is 28.0. The van der Waals surface area contributed by atoms with Crippen molar-refractivity contribution in [3.05, 3.63) is 27.3 Å². The first-order valence-corrected chi connectivity index (χ1v) is 24.6. The standard InChI is InChI=1S/C14H28NO.C13H26NO.C11H21NO.C11H20NO.2C2H6.CH3.2K/c1-10(2)9-14(7,13(16)11(3)4)15(8)12(5)6;1-8-9-13(6,12(15)10(2)3)14(7)11(4)5;2*1-8(2)11(13)10-6-5-7-12(10)9(3)4;2*1-2;;;/h10-12H,1,9H2,2-8H3;10-11H,1,8-9H2,2-7H3;8-10H,5-7H2,1-4H3;8-9H,5-7H2,1-4H3;2*1-2H3;1H3;;/q2*-1;;-1;;;-1;2*+1. The fourth-order valence-electron chi connectivity index (χ4n) is 8.26. The third kappa shape index (κ3) is 27.9. The summed E-state index contributed by atoms with van der Waals surface area (Å²) in [5.41, 5.74) is -0.742. The molecule has 0 amide bonds. The molecule has 0 aliphatic carbocycles. The van der Waals surface area contributed by atoms with E-state index in [1.807, 2.05) is 104 Å². The Kier molecular flexibility index (Phi) is 51.5. The molecule has 2 aliphatic rings. The van der Waals surface area contributed by atoms with Crippen LogP contribution in [0, 0.1) is 56.9 Å². The van der Waals surface area contributed by atoms with Crippen LogP contribution >= 0.6 is 0 Å². The maximum atomic E-state index is 12.4. The molecule has 2 heterocycles. The van der Waals surface area contributed by atoms with Crippen LogP contribution in [0.4, 0.5) is 0 Å². The van der Waals surface area contributed by atoms with Gasteiger partial charge in [0.05, 0.1) is 17.1 Å². The summed E-state index contributed by atoms with van der Waals surface area (Å²) >= 11 is 0. The molecule has 2 fully saturated rings. The average molecular weight is 958 g/mol. The summed E-state index contributed by atoms with van der Waals surface area (Å²) < 4.78 is 0. The number of hydrogen-bond acceptors (Lipinski definition) is 8. The van der Waals surface area contributed by atoms with Crippen molar-refractivity contribution in [1.29, 1.82) is 0 Å². The number of Topliss-reactive ketones (excluding diaryl/α,β-unsaturated/α-hetero) is 4. The molecule has 0 bridgehead atoms. The molecule has 0 radical (unpaired) electrons. The van der Waals surface area contributed by atoms with Crippen LogP contribution in [0.5, 0.6) is 0 Å². The Morgan fingerprint density at radius 1 is 0.641 bits per heavy atom. The predicted octanol–water partition coefficient (Wildman–Crippen LogP) is 6.94. The van der Waals surface area contributed by atoms with Crippen LogP contribution in [-0.4, -0.2) is 111 Å². The summed E-state index contributed by atoms with van der Waals surface area (Å²) in [5, 5.41) is 0. The second kappa shape index (κ2) is 41.3. The largest absolute Gasteiger partial charge is 1.00 e. The molecule has 374 valence electrons. The van der Waals surface area contributed by atoms with Crippen molar-refractivity contribution in [2.45, 2.75) is 245 Å². The number of likely N-dealkylation sites (tertiary alicyclic amines) is 2.